The van der Waals surface area contributed by atoms with Crippen LogP contribution in [0.3, 0.4) is 0 Å². The molecule has 0 saturated carbocycles. The number of furan rings is 1. The second kappa shape index (κ2) is 8.85. The summed E-state index contributed by atoms with van der Waals surface area (Å²) in [7, 11) is 0. The Hall–Kier alpha value is -3.34. The molecule has 1 aromatic heterocycles. The van der Waals surface area contributed by atoms with E-state index in [1.807, 2.05) is 49.4 Å². The molecule has 138 valence electrons. The monoisotopic (exact) mass is 362 g/mol. The minimum absolute atomic E-state index is 0.0129. The van der Waals surface area contributed by atoms with Crippen molar-refractivity contribution in [3.8, 4) is 0 Å². The number of benzene rings is 2. The third kappa shape index (κ3) is 4.85. The Balaban J connectivity index is 1.55. The fourth-order valence-corrected chi connectivity index (χ4v) is 2.88. The van der Waals surface area contributed by atoms with Gasteiger partial charge in [-0.25, -0.2) is 0 Å². The van der Waals surface area contributed by atoms with Gasteiger partial charge in [-0.1, -0.05) is 49.4 Å². The van der Waals surface area contributed by atoms with Crippen LogP contribution in [0.5, 0.6) is 0 Å². The van der Waals surface area contributed by atoms with E-state index in [0.717, 1.165) is 17.5 Å². The molecule has 5 nitrogen and oxygen atoms in total. The molecule has 5 heteroatoms. The fourth-order valence-electron chi connectivity index (χ4n) is 2.88. The molecule has 0 aliphatic rings. The van der Waals surface area contributed by atoms with Crippen LogP contribution in [0.15, 0.2) is 77.4 Å². The van der Waals surface area contributed by atoms with Crippen molar-refractivity contribution < 1.29 is 14.0 Å². The first-order valence-corrected chi connectivity index (χ1v) is 8.94. The average molecular weight is 362 g/mol. The van der Waals surface area contributed by atoms with Gasteiger partial charge in [0.25, 0.3) is 5.91 Å². The lowest BCUT2D eigenvalue weighted by Crippen LogP contribution is -2.28. The molecule has 1 heterocycles. The van der Waals surface area contributed by atoms with Gasteiger partial charge in [0.15, 0.2) is 5.76 Å². The van der Waals surface area contributed by atoms with Crippen LogP contribution in [0.4, 0.5) is 5.69 Å². The molecule has 0 bridgehead atoms. The zero-order valence-corrected chi connectivity index (χ0v) is 15.1. The first kappa shape index (κ1) is 18.5. The highest BCUT2D eigenvalue weighted by Gasteiger charge is 2.17. The first-order chi connectivity index (χ1) is 13.2. The van der Waals surface area contributed by atoms with E-state index in [-0.39, 0.29) is 23.5 Å². The smallest absolute Gasteiger partial charge is 0.291 e. The summed E-state index contributed by atoms with van der Waals surface area (Å²) in [5.74, 6) is -0.176. The largest absolute Gasteiger partial charge is 0.459 e. The summed E-state index contributed by atoms with van der Waals surface area (Å²) in [5.41, 5.74) is 2.65. The second-order valence-corrected chi connectivity index (χ2v) is 6.22. The van der Waals surface area contributed by atoms with Crippen molar-refractivity contribution in [1.29, 1.82) is 0 Å². The molecule has 0 aliphatic heterocycles. The number of hydrogen-bond donors (Lipinski definition) is 2. The molecule has 0 saturated heterocycles. The Morgan fingerprint density at radius 1 is 0.963 bits per heavy atom. The molecule has 3 rings (SSSR count). The topological polar surface area (TPSA) is 71.3 Å². The van der Waals surface area contributed by atoms with Gasteiger partial charge in [0.05, 0.1) is 12.2 Å². The molecule has 27 heavy (non-hydrogen) atoms. The number of hydrogen-bond acceptors (Lipinski definition) is 3. The number of rotatable bonds is 7. The van der Waals surface area contributed by atoms with Gasteiger partial charge < -0.3 is 15.1 Å². The van der Waals surface area contributed by atoms with Gasteiger partial charge in [-0.05, 0) is 41.8 Å². The molecular formula is C22H22N2O3. The highest BCUT2D eigenvalue weighted by atomic mass is 16.3. The summed E-state index contributed by atoms with van der Waals surface area (Å²) >= 11 is 0. The molecule has 2 N–H and O–H groups in total. The Bertz CT molecular complexity index is 872. The highest BCUT2D eigenvalue weighted by molar-refractivity contribution is 6.02. The molecule has 0 aliphatic carbocycles. The van der Waals surface area contributed by atoms with Crippen molar-refractivity contribution >= 4 is 17.5 Å². The molecule has 0 unspecified atom stereocenters. The molecule has 2 aromatic carbocycles. The lowest BCUT2D eigenvalue weighted by Gasteiger charge is -2.15. The number of carbonyl (C=O) groups excluding carboxylic acids is 2. The summed E-state index contributed by atoms with van der Waals surface area (Å²) < 4.78 is 5.07. The van der Waals surface area contributed by atoms with E-state index in [2.05, 4.69) is 10.6 Å². The number of carbonyl (C=O) groups is 2. The summed E-state index contributed by atoms with van der Waals surface area (Å²) in [5, 5.41) is 5.76. The Morgan fingerprint density at radius 3 is 2.33 bits per heavy atom. The second-order valence-electron chi connectivity index (χ2n) is 6.22. The van der Waals surface area contributed by atoms with Gasteiger partial charge in [-0.2, -0.15) is 0 Å². The third-order valence-corrected chi connectivity index (χ3v) is 4.35. The van der Waals surface area contributed by atoms with Crippen molar-refractivity contribution in [3.05, 3.63) is 89.9 Å². The van der Waals surface area contributed by atoms with Crippen LogP contribution in [-0.2, 0) is 11.3 Å². The van der Waals surface area contributed by atoms with Gasteiger partial charge in [0.1, 0.15) is 0 Å². The maximum atomic E-state index is 12.5. The zero-order valence-electron chi connectivity index (χ0n) is 15.1. The van der Waals surface area contributed by atoms with Crippen LogP contribution in [-0.4, -0.2) is 11.8 Å². The van der Waals surface area contributed by atoms with E-state index >= 15 is 0 Å². The first-order valence-electron chi connectivity index (χ1n) is 8.94. The summed E-state index contributed by atoms with van der Waals surface area (Å²) in [6.45, 7) is 2.45. The molecule has 2 amide bonds. The molecule has 0 fully saturated rings. The van der Waals surface area contributed by atoms with E-state index in [9.17, 15) is 9.59 Å². The normalized spacial score (nSPS) is 11.6. The maximum Gasteiger partial charge on any atom is 0.291 e. The molecular weight excluding hydrogens is 340 g/mol. The quantitative estimate of drug-likeness (QED) is 0.657. The number of anilines is 1. The van der Waals surface area contributed by atoms with Gasteiger partial charge in [0.2, 0.25) is 5.91 Å². The fraction of sp³-hybridized carbons (Fsp3) is 0.182. The van der Waals surface area contributed by atoms with Crippen molar-refractivity contribution in [1.82, 2.24) is 5.32 Å². The minimum atomic E-state index is -0.297. The van der Waals surface area contributed by atoms with E-state index in [4.69, 9.17) is 4.42 Å². The van der Waals surface area contributed by atoms with E-state index in [1.54, 1.807) is 24.3 Å². The number of amides is 2. The van der Waals surface area contributed by atoms with E-state index in [0.29, 0.717) is 12.2 Å². The average Bonchev–Trinajstić information content (AvgIpc) is 3.24. The Morgan fingerprint density at radius 2 is 1.70 bits per heavy atom. The van der Waals surface area contributed by atoms with Gasteiger partial charge in [0, 0.05) is 12.2 Å². The standard InChI is InChI=1S/C22H22N2O3/c1-2-19(17-7-4-3-5-8-17)21(25)23-15-16-10-12-18(13-11-16)24-22(26)20-9-6-14-27-20/h3-14,19H,2,15H2,1H3,(H,23,25)(H,24,26)/t19-/m1/s1. The predicted molar refractivity (Wildman–Crippen MR) is 104 cm³/mol. The summed E-state index contributed by atoms with van der Waals surface area (Å²) in [4.78, 5) is 24.5. The molecule has 1 atom stereocenters. The summed E-state index contributed by atoms with van der Waals surface area (Å²) in [6, 6.07) is 20.4. The van der Waals surface area contributed by atoms with Crippen molar-refractivity contribution in [2.24, 2.45) is 0 Å². The third-order valence-electron chi connectivity index (χ3n) is 4.35. The van der Waals surface area contributed by atoms with Crippen molar-refractivity contribution in [2.45, 2.75) is 25.8 Å². The van der Waals surface area contributed by atoms with Crippen LogP contribution >= 0.6 is 0 Å². The van der Waals surface area contributed by atoms with E-state index in [1.165, 1.54) is 6.26 Å². The van der Waals surface area contributed by atoms with Crippen LogP contribution < -0.4 is 10.6 Å². The SMILES string of the molecule is CC[C@@H](C(=O)NCc1ccc(NC(=O)c2ccco2)cc1)c1ccccc1. The predicted octanol–water partition coefficient (Wildman–Crippen LogP) is 4.34. The van der Waals surface area contributed by atoms with Crippen LogP contribution in [0.2, 0.25) is 0 Å². The zero-order chi connectivity index (χ0) is 19.1. The summed E-state index contributed by atoms with van der Waals surface area (Å²) in [6.07, 6.45) is 2.20. The number of nitrogens with one attached hydrogen (secondary N) is 2. The van der Waals surface area contributed by atoms with Crippen LogP contribution in [0, 0.1) is 0 Å². The molecule has 0 radical (unpaired) electrons. The van der Waals surface area contributed by atoms with Gasteiger partial charge >= 0.3 is 0 Å². The lowest BCUT2D eigenvalue weighted by molar-refractivity contribution is -0.122. The van der Waals surface area contributed by atoms with Crippen LogP contribution in [0.25, 0.3) is 0 Å². The Kier molecular flexibility index (Phi) is 6.05. The Labute approximate surface area is 158 Å². The minimum Gasteiger partial charge on any atom is -0.459 e. The van der Waals surface area contributed by atoms with Crippen molar-refractivity contribution in [3.63, 3.8) is 0 Å². The lowest BCUT2D eigenvalue weighted by atomic mass is 9.95. The molecule has 0 spiro atoms. The maximum absolute atomic E-state index is 12.5. The van der Waals surface area contributed by atoms with E-state index < -0.39 is 0 Å². The highest BCUT2D eigenvalue weighted by Crippen LogP contribution is 2.19. The van der Waals surface area contributed by atoms with Crippen molar-refractivity contribution in [2.75, 3.05) is 5.32 Å². The van der Waals surface area contributed by atoms with Crippen LogP contribution in [0.1, 0.15) is 40.9 Å². The molecule has 3 aromatic rings. The van der Waals surface area contributed by atoms with Gasteiger partial charge in [-0.3, -0.25) is 9.59 Å². The van der Waals surface area contributed by atoms with Gasteiger partial charge in [-0.15, -0.1) is 0 Å².